The molecule has 12 heavy (non-hydrogen) atoms. The zero-order valence-corrected chi connectivity index (χ0v) is 9.65. The lowest BCUT2D eigenvalue weighted by molar-refractivity contribution is 0.562. The molecule has 0 amide bonds. The molecule has 0 N–H and O–H groups in total. The molecule has 68 valence electrons. The number of furan rings is 1. The van der Waals surface area contributed by atoms with Crippen molar-refractivity contribution in [3.05, 3.63) is 23.7 Å². The molecule has 0 bridgehead atoms. The summed E-state index contributed by atoms with van der Waals surface area (Å²) in [5.41, 5.74) is 2.67. The molecule has 0 saturated carbocycles. The highest BCUT2D eigenvalue weighted by atomic mass is 33.5. The van der Waals surface area contributed by atoms with Gasteiger partial charge in [0.2, 0.25) is 0 Å². The summed E-state index contributed by atoms with van der Waals surface area (Å²) in [5.74, 6) is 1.05. The van der Waals surface area contributed by atoms with Gasteiger partial charge in [0.25, 0.3) is 0 Å². The summed E-state index contributed by atoms with van der Waals surface area (Å²) >= 11 is 0. The maximum absolute atomic E-state index is 5.14. The van der Waals surface area contributed by atoms with Crippen molar-refractivity contribution in [3.63, 3.8) is 0 Å². The Bertz CT molecular complexity index is 222. The van der Waals surface area contributed by atoms with Gasteiger partial charge in [-0.2, -0.15) is 0 Å². The lowest BCUT2D eigenvalue weighted by Gasteiger charge is -1.97. The summed E-state index contributed by atoms with van der Waals surface area (Å²) in [6, 6.07) is 0. The van der Waals surface area contributed by atoms with Crippen molar-refractivity contribution in [2.24, 2.45) is 0 Å². The van der Waals surface area contributed by atoms with Crippen LogP contribution in [0.4, 0.5) is 0 Å². The van der Waals surface area contributed by atoms with Gasteiger partial charge in [0, 0.05) is 11.3 Å². The van der Waals surface area contributed by atoms with E-state index in [2.05, 4.69) is 13.2 Å². The van der Waals surface area contributed by atoms with Gasteiger partial charge in [-0.15, -0.1) is 0 Å². The maximum atomic E-state index is 5.14. The molecular formula is C8H12OS3. The highest BCUT2D eigenvalue weighted by Gasteiger charge is 2.02. The second kappa shape index (κ2) is 5.89. The smallest absolute Gasteiger partial charge is 0.0946 e. The van der Waals surface area contributed by atoms with Crippen molar-refractivity contribution in [2.75, 3.05) is 6.26 Å². The second-order valence-corrected chi connectivity index (χ2v) is 6.61. The van der Waals surface area contributed by atoms with Crippen molar-refractivity contribution in [2.45, 2.75) is 19.1 Å². The first kappa shape index (κ1) is 10.4. The zero-order chi connectivity index (χ0) is 8.81. The Balaban J connectivity index is 2.39. The van der Waals surface area contributed by atoms with Gasteiger partial charge in [-0.1, -0.05) is 28.5 Å². The van der Waals surface area contributed by atoms with Crippen molar-refractivity contribution in [3.8, 4) is 0 Å². The molecule has 0 spiro atoms. The molecule has 0 aliphatic heterocycles. The van der Waals surface area contributed by atoms with Crippen molar-refractivity contribution in [1.82, 2.24) is 0 Å². The highest BCUT2D eigenvalue weighted by molar-refractivity contribution is 9.09. The molecule has 1 aromatic rings. The van der Waals surface area contributed by atoms with Gasteiger partial charge < -0.3 is 4.42 Å². The molecule has 1 heterocycles. The standard InChI is InChI=1S/C8H12OS3/c1-3-7-4-9-5-8(7)6-11-12-10-2/h4-5H,3,6H2,1-2H3. The Morgan fingerprint density at radius 1 is 1.33 bits per heavy atom. The largest absolute Gasteiger partial charge is 0.472 e. The molecule has 0 fully saturated rings. The van der Waals surface area contributed by atoms with E-state index in [1.54, 1.807) is 10.8 Å². The van der Waals surface area contributed by atoms with Gasteiger partial charge in [0.05, 0.1) is 12.5 Å². The van der Waals surface area contributed by atoms with E-state index in [1.165, 1.54) is 11.1 Å². The summed E-state index contributed by atoms with van der Waals surface area (Å²) in [5, 5.41) is 0. The fourth-order valence-corrected chi connectivity index (χ4v) is 3.56. The predicted molar refractivity (Wildman–Crippen MR) is 60.5 cm³/mol. The fourth-order valence-electron chi connectivity index (χ4n) is 0.922. The van der Waals surface area contributed by atoms with Gasteiger partial charge in [-0.3, -0.25) is 0 Å². The number of aryl methyl sites for hydroxylation is 1. The van der Waals surface area contributed by atoms with Gasteiger partial charge in [0.15, 0.2) is 0 Å². The fraction of sp³-hybridized carbons (Fsp3) is 0.500. The van der Waals surface area contributed by atoms with Crippen molar-refractivity contribution in [1.29, 1.82) is 0 Å². The molecule has 1 rings (SSSR count). The quantitative estimate of drug-likeness (QED) is 0.549. The van der Waals surface area contributed by atoms with Gasteiger partial charge in [-0.05, 0) is 28.1 Å². The summed E-state index contributed by atoms with van der Waals surface area (Å²) in [6.45, 7) is 2.15. The molecule has 0 atom stereocenters. The van der Waals surface area contributed by atoms with Crippen LogP contribution in [0.1, 0.15) is 18.1 Å². The summed E-state index contributed by atoms with van der Waals surface area (Å²) in [4.78, 5) is 0. The average molecular weight is 220 g/mol. The topological polar surface area (TPSA) is 13.1 Å². The monoisotopic (exact) mass is 220 g/mol. The molecular weight excluding hydrogens is 208 g/mol. The van der Waals surface area contributed by atoms with E-state index < -0.39 is 0 Å². The Morgan fingerprint density at radius 3 is 2.75 bits per heavy atom. The van der Waals surface area contributed by atoms with Crippen molar-refractivity contribution >= 4 is 31.4 Å². The van der Waals surface area contributed by atoms with Gasteiger partial charge in [-0.25, -0.2) is 0 Å². The Labute approximate surface area is 84.9 Å². The van der Waals surface area contributed by atoms with E-state index in [1.807, 2.05) is 33.1 Å². The van der Waals surface area contributed by atoms with Crippen LogP contribution < -0.4 is 0 Å². The molecule has 4 heteroatoms. The Hall–Kier alpha value is 0.330. The van der Waals surface area contributed by atoms with E-state index >= 15 is 0 Å². The van der Waals surface area contributed by atoms with Crippen LogP contribution in [-0.4, -0.2) is 6.26 Å². The van der Waals surface area contributed by atoms with E-state index in [0.717, 1.165) is 12.2 Å². The molecule has 0 aliphatic carbocycles. The van der Waals surface area contributed by atoms with Crippen LogP contribution in [0.15, 0.2) is 16.9 Å². The molecule has 1 nitrogen and oxygen atoms in total. The molecule has 1 aromatic heterocycles. The lowest BCUT2D eigenvalue weighted by atomic mass is 10.2. The minimum Gasteiger partial charge on any atom is -0.472 e. The third-order valence-corrected chi connectivity index (χ3v) is 5.35. The van der Waals surface area contributed by atoms with Crippen LogP contribution in [0.25, 0.3) is 0 Å². The van der Waals surface area contributed by atoms with Crippen molar-refractivity contribution < 1.29 is 4.42 Å². The van der Waals surface area contributed by atoms with E-state index in [0.29, 0.717) is 0 Å². The highest BCUT2D eigenvalue weighted by Crippen LogP contribution is 2.35. The average Bonchev–Trinajstić information content (AvgIpc) is 2.52. The lowest BCUT2D eigenvalue weighted by Crippen LogP contribution is -1.82. The first-order valence-electron chi connectivity index (χ1n) is 3.74. The third kappa shape index (κ3) is 2.99. The molecule has 0 aromatic carbocycles. The molecule has 0 saturated heterocycles. The number of hydrogen-bond donors (Lipinski definition) is 0. The first-order valence-corrected chi connectivity index (χ1v) is 7.80. The number of hydrogen-bond acceptors (Lipinski definition) is 4. The Kier molecular flexibility index (Phi) is 5.11. The van der Waals surface area contributed by atoms with Gasteiger partial charge >= 0.3 is 0 Å². The first-order chi connectivity index (χ1) is 5.88. The summed E-state index contributed by atoms with van der Waals surface area (Å²) in [6.07, 6.45) is 6.86. The van der Waals surface area contributed by atoms with Crippen LogP contribution in [-0.2, 0) is 12.2 Å². The molecule has 0 unspecified atom stereocenters. The molecule has 0 radical (unpaired) electrons. The van der Waals surface area contributed by atoms with E-state index in [9.17, 15) is 0 Å². The molecule has 0 aliphatic rings. The zero-order valence-electron chi connectivity index (χ0n) is 7.20. The third-order valence-electron chi connectivity index (χ3n) is 1.54. The minimum atomic E-state index is 1.05. The second-order valence-electron chi connectivity index (χ2n) is 2.27. The summed E-state index contributed by atoms with van der Waals surface area (Å²) < 4.78 is 5.14. The van der Waals surface area contributed by atoms with Crippen LogP contribution in [0.5, 0.6) is 0 Å². The Morgan fingerprint density at radius 2 is 2.08 bits per heavy atom. The van der Waals surface area contributed by atoms with Crippen LogP contribution in [0.2, 0.25) is 0 Å². The normalized spacial score (nSPS) is 10.5. The summed E-state index contributed by atoms with van der Waals surface area (Å²) in [7, 11) is 5.46. The minimum absolute atomic E-state index is 1.05. The van der Waals surface area contributed by atoms with Crippen LogP contribution in [0.3, 0.4) is 0 Å². The van der Waals surface area contributed by atoms with Crippen LogP contribution in [0, 0.1) is 0 Å². The van der Waals surface area contributed by atoms with Crippen LogP contribution >= 0.6 is 31.4 Å². The number of rotatable bonds is 5. The SMILES string of the molecule is CCc1cocc1CSSSC. The van der Waals surface area contributed by atoms with Gasteiger partial charge in [0.1, 0.15) is 0 Å². The maximum Gasteiger partial charge on any atom is 0.0946 e. The predicted octanol–water partition coefficient (Wildman–Crippen LogP) is 4.00. The van der Waals surface area contributed by atoms with E-state index in [4.69, 9.17) is 4.42 Å². The van der Waals surface area contributed by atoms with E-state index in [-0.39, 0.29) is 0 Å².